The number of hydrogen-bond donors (Lipinski definition) is 1. The van der Waals surface area contributed by atoms with E-state index in [0.29, 0.717) is 32.8 Å². The van der Waals surface area contributed by atoms with E-state index in [1.54, 1.807) is 30.3 Å². The average molecular weight is 423 g/mol. The molecule has 1 aromatic heterocycles. The van der Waals surface area contributed by atoms with Crippen LogP contribution in [0.2, 0.25) is 0 Å². The first-order valence-electron chi connectivity index (χ1n) is 9.10. The predicted molar refractivity (Wildman–Crippen MR) is 115 cm³/mol. The van der Waals surface area contributed by atoms with Gasteiger partial charge in [0.2, 0.25) is 0 Å². The van der Waals surface area contributed by atoms with Crippen LogP contribution in [-0.2, 0) is 6.18 Å². The maximum atomic E-state index is 13.4. The summed E-state index contributed by atoms with van der Waals surface area (Å²) in [5.74, 6) is 0. The second-order valence-corrected chi connectivity index (χ2v) is 7.75. The molecule has 2 nitrogen and oxygen atoms in total. The molecule has 30 heavy (non-hydrogen) atoms. The number of halogens is 3. The fourth-order valence-electron chi connectivity index (χ4n) is 3.46. The van der Waals surface area contributed by atoms with Crippen molar-refractivity contribution in [1.29, 1.82) is 0 Å². The first-order valence-corrected chi connectivity index (χ1v) is 9.91. The fraction of sp³-hybridized carbons (Fsp3) is 0.0417. The molecule has 0 aliphatic carbocycles. The van der Waals surface area contributed by atoms with Crippen LogP contribution in [0.15, 0.2) is 78.9 Å². The van der Waals surface area contributed by atoms with Crippen molar-refractivity contribution in [3.8, 4) is 32.7 Å². The maximum Gasteiger partial charge on any atom is 0.416 e. The van der Waals surface area contributed by atoms with Gasteiger partial charge in [-0.25, -0.2) is 0 Å². The van der Waals surface area contributed by atoms with Gasteiger partial charge in [-0.05, 0) is 28.8 Å². The molecule has 1 heterocycles. The number of nitrogen functional groups attached to an aromatic ring is 1. The van der Waals surface area contributed by atoms with Crippen LogP contribution >= 0.6 is 11.3 Å². The van der Waals surface area contributed by atoms with Crippen LogP contribution in [0, 0.1) is 0 Å². The minimum atomic E-state index is -4.47. The second kappa shape index (κ2) is 7.80. The summed E-state index contributed by atoms with van der Waals surface area (Å²) in [6.07, 6.45) is -3.74. The summed E-state index contributed by atoms with van der Waals surface area (Å²) < 4.78 is 40.2. The number of rotatable bonds is 4. The summed E-state index contributed by atoms with van der Waals surface area (Å²) in [7, 11) is 0. The first-order chi connectivity index (χ1) is 14.4. The van der Waals surface area contributed by atoms with Crippen LogP contribution in [0.3, 0.4) is 0 Å². The molecule has 0 radical (unpaired) electrons. The molecule has 0 amide bonds. The largest absolute Gasteiger partial charge is 0.416 e. The van der Waals surface area contributed by atoms with Gasteiger partial charge >= 0.3 is 6.18 Å². The Morgan fingerprint density at radius 3 is 2.17 bits per heavy atom. The first kappa shape index (κ1) is 19.9. The third-order valence-corrected chi connectivity index (χ3v) is 5.88. The highest BCUT2D eigenvalue weighted by Crippen LogP contribution is 2.50. The number of hydrogen-bond acceptors (Lipinski definition) is 3. The zero-order valence-electron chi connectivity index (χ0n) is 15.6. The summed E-state index contributed by atoms with van der Waals surface area (Å²) >= 11 is 1.30. The Balaban J connectivity index is 2.06. The van der Waals surface area contributed by atoms with Gasteiger partial charge in [0.05, 0.1) is 10.6 Å². The van der Waals surface area contributed by atoms with Crippen LogP contribution in [0.25, 0.3) is 32.7 Å². The zero-order valence-corrected chi connectivity index (χ0v) is 16.4. The van der Waals surface area contributed by atoms with Crippen molar-refractivity contribution in [3.05, 3.63) is 90.0 Å². The number of anilines is 1. The topological polar surface area (TPSA) is 43.1 Å². The molecule has 4 rings (SSSR count). The normalized spacial score (nSPS) is 11.4. The molecule has 0 saturated heterocycles. The van der Waals surface area contributed by atoms with Crippen LogP contribution in [0.1, 0.15) is 15.9 Å². The number of carbonyl (C=O) groups excluding carboxylic acids is 1. The number of alkyl halides is 3. The number of nitrogens with two attached hydrogens (primary N) is 1. The summed E-state index contributed by atoms with van der Waals surface area (Å²) in [4.78, 5) is 12.4. The van der Waals surface area contributed by atoms with E-state index in [2.05, 4.69) is 0 Å². The molecule has 0 bridgehead atoms. The van der Waals surface area contributed by atoms with Gasteiger partial charge in [-0.3, -0.25) is 4.79 Å². The molecular weight excluding hydrogens is 407 g/mol. The van der Waals surface area contributed by atoms with Crippen LogP contribution in [-0.4, -0.2) is 6.29 Å². The van der Waals surface area contributed by atoms with Gasteiger partial charge in [-0.15, -0.1) is 11.3 Å². The van der Waals surface area contributed by atoms with Crippen molar-refractivity contribution in [3.63, 3.8) is 0 Å². The van der Waals surface area contributed by atoms with Gasteiger partial charge in [0.25, 0.3) is 0 Å². The molecular formula is C24H16F3NOS. The molecule has 3 aromatic carbocycles. The summed E-state index contributed by atoms with van der Waals surface area (Å²) in [6, 6.07) is 21.5. The highest BCUT2D eigenvalue weighted by molar-refractivity contribution is 7.20. The minimum absolute atomic E-state index is 0.396. The Bertz CT molecular complexity index is 1210. The molecule has 4 aromatic rings. The Morgan fingerprint density at radius 2 is 1.47 bits per heavy atom. The van der Waals surface area contributed by atoms with Crippen molar-refractivity contribution < 1.29 is 18.0 Å². The monoisotopic (exact) mass is 423 g/mol. The van der Waals surface area contributed by atoms with E-state index in [1.807, 2.05) is 30.3 Å². The molecule has 0 atom stereocenters. The third-order valence-electron chi connectivity index (χ3n) is 4.81. The lowest BCUT2D eigenvalue weighted by Crippen LogP contribution is -2.04. The highest BCUT2D eigenvalue weighted by atomic mass is 32.1. The number of thiophene rings is 1. The van der Waals surface area contributed by atoms with Crippen LogP contribution in [0.4, 0.5) is 18.2 Å². The Kier molecular flexibility index (Phi) is 5.18. The van der Waals surface area contributed by atoms with Crippen LogP contribution in [0.5, 0.6) is 0 Å². The number of aldehydes is 1. The van der Waals surface area contributed by atoms with E-state index >= 15 is 0 Å². The van der Waals surface area contributed by atoms with E-state index in [-0.39, 0.29) is 0 Å². The van der Waals surface area contributed by atoms with Gasteiger partial charge < -0.3 is 5.73 Å². The molecule has 0 spiro atoms. The van der Waals surface area contributed by atoms with Crippen molar-refractivity contribution in [1.82, 2.24) is 0 Å². The molecule has 6 heteroatoms. The molecule has 0 aliphatic rings. The van der Waals surface area contributed by atoms with Gasteiger partial charge in [0.1, 0.15) is 0 Å². The van der Waals surface area contributed by atoms with Crippen LogP contribution < -0.4 is 5.73 Å². The third kappa shape index (κ3) is 3.62. The lowest BCUT2D eigenvalue weighted by Gasteiger charge is -2.13. The molecule has 150 valence electrons. The summed E-state index contributed by atoms with van der Waals surface area (Å²) in [5, 5.41) is 0.440. The van der Waals surface area contributed by atoms with E-state index in [1.165, 1.54) is 17.4 Å². The molecule has 0 unspecified atom stereocenters. The van der Waals surface area contributed by atoms with E-state index in [9.17, 15) is 18.0 Å². The smallest absolute Gasteiger partial charge is 0.390 e. The van der Waals surface area contributed by atoms with E-state index in [0.717, 1.165) is 28.9 Å². The van der Waals surface area contributed by atoms with Crippen molar-refractivity contribution in [2.24, 2.45) is 0 Å². The summed E-state index contributed by atoms with van der Waals surface area (Å²) in [6.45, 7) is 0. The molecule has 0 aliphatic heterocycles. The van der Waals surface area contributed by atoms with E-state index in [4.69, 9.17) is 5.73 Å². The average Bonchev–Trinajstić information content (AvgIpc) is 3.10. The van der Waals surface area contributed by atoms with Crippen molar-refractivity contribution >= 4 is 22.6 Å². The molecule has 0 saturated carbocycles. The van der Waals surface area contributed by atoms with E-state index < -0.39 is 11.7 Å². The highest BCUT2D eigenvalue weighted by Gasteiger charge is 2.31. The second-order valence-electron chi connectivity index (χ2n) is 6.70. The van der Waals surface area contributed by atoms with Crippen molar-refractivity contribution in [2.45, 2.75) is 6.18 Å². The van der Waals surface area contributed by atoms with Gasteiger partial charge in [0, 0.05) is 21.6 Å². The van der Waals surface area contributed by atoms with Gasteiger partial charge in [-0.1, -0.05) is 66.7 Å². The zero-order chi connectivity index (χ0) is 21.3. The molecule has 0 fully saturated rings. The molecule has 2 N–H and O–H groups in total. The Morgan fingerprint density at radius 1 is 0.800 bits per heavy atom. The van der Waals surface area contributed by atoms with Gasteiger partial charge in [0.15, 0.2) is 6.29 Å². The standard InChI is InChI=1S/C24H16F3NOS/c25-24(26,27)18-11-6-10-16(13-18)20-21(19-12-5-4-9-17(19)14-29)23(28)30-22(20)15-7-2-1-3-8-15/h1-14H,28H2. The number of carbonyl (C=O) groups is 1. The van der Waals surface area contributed by atoms with Crippen molar-refractivity contribution in [2.75, 3.05) is 5.73 Å². The summed E-state index contributed by atoms with van der Waals surface area (Å²) in [5.41, 5.74) is 9.06. The van der Waals surface area contributed by atoms with Gasteiger partial charge in [-0.2, -0.15) is 13.2 Å². The SMILES string of the molecule is Nc1sc(-c2ccccc2)c(-c2cccc(C(F)(F)F)c2)c1-c1ccccc1C=O. The minimum Gasteiger partial charge on any atom is -0.390 e. The lowest BCUT2D eigenvalue weighted by atomic mass is 9.91. The number of benzene rings is 3. The fourth-order valence-corrected chi connectivity index (χ4v) is 4.57. The predicted octanol–water partition coefficient (Wildman–Crippen LogP) is 7.16. The maximum absolute atomic E-state index is 13.4. The quantitative estimate of drug-likeness (QED) is 0.354. The Labute approximate surface area is 175 Å². The lowest BCUT2D eigenvalue weighted by molar-refractivity contribution is -0.137. The Hall–Kier alpha value is -3.38.